The first-order valence-electron chi connectivity index (χ1n) is 6.98. The molecule has 2 heteroatoms. The van der Waals surface area contributed by atoms with Crippen LogP contribution in [0.2, 0.25) is 0 Å². The smallest absolute Gasteiger partial charge is 0.135 e. The van der Waals surface area contributed by atoms with Gasteiger partial charge in [-0.15, -0.1) is 0 Å². The molecular weight excluding hydrogens is 246 g/mol. The first kappa shape index (κ1) is 11.5. The average Bonchev–Trinajstić information content (AvgIpc) is 2.85. The van der Waals surface area contributed by atoms with Gasteiger partial charge >= 0.3 is 0 Å². The molecule has 3 aromatic rings. The highest BCUT2D eigenvalue weighted by Gasteiger charge is 2.18. The Morgan fingerprint density at radius 3 is 2.90 bits per heavy atom. The summed E-state index contributed by atoms with van der Waals surface area (Å²) in [5, 5.41) is 1.23. The molecule has 2 heterocycles. The number of aromatic nitrogens is 1. The number of benzene rings is 1. The number of rotatable bonds is 1. The molecule has 0 unspecified atom stereocenters. The second-order valence-electron chi connectivity index (χ2n) is 5.23. The summed E-state index contributed by atoms with van der Waals surface area (Å²) < 4.78 is 5.97. The lowest BCUT2D eigenvalue weighted by Gasteiger charge is -2.07. The molecule has 2 nitrogen and oxygen atoms in total. The van der Waals surface area contributed by atoms with Gasteiger partial charge in [0.25, 0.3) is 0 Å². The molecule has 0 saturated carbocycles. The van der Waals surface area contributed by atoms with Crippen molar-refractivity contribution in [1.82, 2.24) is 4.98 Å². The summed E-state index contributed by atoms with van der Waals surface area (Å²) in [6.45, 7) is 2.03. The third-order valence-electron chi connectivity index (χ3n) is 3.84. The van der Waals surface area contributed by atoms with Crippen molar-refractivity contribution in [2.24, 2.45) is 0 Å². The molecule has 1 aliphatic rings. The van der Waals surface area contributed by atoms with E-state index in [-0.39, 0.29) is 0 Å². The molecule has 1 aromatic carbocycles. The molecule has 0 aliphatic heterocycles. The van der Waals surface area contributed by atoms with Gasteiger partial charge in [0.1, 0.15) is 11.3 Å². The third-order valence-corrected chi connectivity index (χ3v) is 3.84. The molecule has 0 atom stereocenters. The van der Waals surface area contributed by atoms with Crippen LogP contribution < -0.4 is 0 Å². The van der Waals surface area contributed by atoms with E-state index in [4.69, 9.17) is 4.42 Å². The van der Waals surface area contributed by atoms with Crippen molar-refractivity contribution < 1.29 is 4.42 Å². The Morgan fingerprint density at radius 1 is 1.10 bits per heavy atom. The van der Waals surface area contributed by atoms with E-state index >= 15 is 0 Å². The molecule has 98 valence electrons. The molecule has 20 heavy (non-hydrogen) atoms. The van der Waals surface area contributed by atoms with E-state index in [9.17, 15) is 0 Å². The van der Waals surface area contributed by atoms with Crippen molar-refractivity contribution in [3.05, 3.63) is 59.5 Å². The number of allylic oxidation sites excluding steroid dienone is 1. The van der Waals surface area contributed by atoms with Gasteiger partial charge in [-0.25, -0.2) is 0 Å². The predicted molar refractivity (Wildman–Crippen MR) is 81.5 cm³/mol. The van der Waals surface area contributed by atoms with Crippen molar-refractivity contribution in [3.63, 3.8) is 0 Å². The van der Waals surface area contributed by atoms with E-state index in [1.807, 2.05) is 25.1 Å². The Bertz CT molecular complexity index is 827. The zero-order chi connectivity index (χ0) is 13.5. The lowest BCUT2D eigenvalue weighted by Crippen LogP contribution is -1.92. The summed E-state index contributed by atoms with van der Waals surface area (Å²) in [7, 11) is 0. The fourth-order valence-electron chi connectivity index (χ4n) is 2.94. The molecule has 0 fully saturated rings. The summed E-state index contributed by atoms with van der Waals surface area (Å²) in [5.74, 6) is 1.01. The Labute approximate surface area is 117 Å². The summed E-state index contributed by atoms with van der Waals surface area (Å²) in [5.41, 5.74) is 5.51. The highest BCUT2D eigenvalue weighted by Crippen LogP contribution is 2.37. The minimum Gasteiger partial charge on any atom is -0.456 e. The molecule has 0 saturated heterocycles. The minimum atomic E-state index is 0.961. The predicted octanol–water partition coefficient (Wildman–Crippen LogP) is 4.76. The molecule has 2 aromatic heterocycles. The van der Waals surface area contributed by atoms with Crippen LogP contribution in [-0.4, -0.2) is 4.98 Å². The van der Waals surface area contributed by atoms with Crippen LogP contribution in [0.4, 0.5) is 0 Å². The molecular formula is C18H15NO. The first-order chi connectivity index (χ1) is 9.83. The van der Waals surface area contributed by atoms with E-state index in [1.165, 1.54) is 16.5 Å². The monoisotopic (exact) mass is 261 g/mol. The lowest BCUT2D eigenvalue weighted by atomic mass is 9.96. The fraction of sp³-hybridized carbons (Fsp3) is 0.167. The van der Waals surface area contributed by atoms with Gasteiger partial charge < -0.3 is 4.42 Å². The van der Waals surface area contributed by atoms with Crippen LogP contribution in [-0.2, 0) is 6.42 Å². The van der Waals surface area contributed by atoms with Crippen molar-refractivity contribution >= 4 is 17.0 Å². The molecule has 1 aliphatic carbocycles. The maximum absolute atomic E-state index is 5.97. The second-order valence-corrected chi connectivity index (χ2v) is 5.23. The van der Waals surface area contributed by atoms with Crippen LogP contribution in [0.1, 0.15) is 23.4 Å². The third kappa shape index (κ3) is 1.68. The van der Waals surface area contributed by atoms with Gasteiger partial charge in [-0.2, -0.15) is 0 Å². The number of aryl methyl sites for hydroxylation is 2. The number of furan rings is 1. The number of hydrogen-bond acceptors (Lipinski definition) is 2. The summed E-state index contributed by atoms with van der Waals surface area (Å²) >= 11 is 0. The topological polar surface area (TPSA) is 26.0 Å². The maximum Gasteiger partial charge on any atom is 0.135 e. The van der Waals surface area contributed by atoms with Crippen LogP contribution in [0.5, 0.6) is 0 Å². The number of hydrogen-bond donors (Lipinski definition) is 0. The van der Waals surface area contributed by atoms with Crippen LogP contribution in [0.15, 0.2) is 46.9 Å². The highest BCUT2D eigenvalue weighted by atomic mass is 16.3. The normalized spacial score (nSPS) is 13.7. The van der Waals surface area contributed by atoms with Crippen molar-refractivity contribution in [3.8, 4) is 11.3 Å². The van der Waals surface area contributed by atoms with Gasteiger partial charge in [-0.1, -0.05) is 24.3 Å². The van der Waals surface area contributed by atoms with Crippen LogP contribution in [0.25, 0.3) is 28.3 Å². The molecule has 4 rings (SSSR count). The van der Waals surface area contributed by atoms with E-state index < -0.39 is 0 Å². The fourth-order valence-corrected chi connectivity index (χ4v) is 2.94. The molecule has 0 bridgehead atoms. The van der Waals surface area contributed by atoms with Gasteiger partial charge in [0.05, 0.1) is 5.69 Å². The summed E-state index contributed by atoms with van der Waals surface area (Å²) in [4.78, 5) is 4.66. The SMILES string of the molecule is Cc1cccc(-c2cccc3oc4c(c23)CCC=C4)n1. The zero-order valence-corrected chi connectivity index (χ0v) is 11.4. The second kappa shape index (κ2) is 4.34. The zero-order valence-electron chi connectivity index (χ0n) is 11.4. The van der Waals surface area contributed by atoms with E-state index in [0.29, 0.717) is 0 Å². The standard InChI is InChI=1S/C18H15NO/c1-12-6-4-9-15(19-12)13-8-5-11-17-18(13)14-7-2-3-10-16(14)20-17/h3-6,8-11H,2,7H2,1H3. The van der Waals surface area contributed by atoms with Gasteiger partial charge in [0.15, 0.2) is 0 Å². The maximum atomic E-state index is 5.97. The molecule has 0 radical (unpaired) electrons. The Morgan fingerprint density at radius 2 is 2.00 bits per heavy atom. The highest BCUT2D eigenvalue weighted by molar-refractivity contribution is 5.97. The van der Waals surface area contributed by atoms with Crippen LogP contribution in [0.3, 0.4) is 0 Å². The van der Waals surface area contributed by atoms with Gasteiger partial charge in [-0.05, 0) is 44.0 Å². The quantitative estimate of drug-likeness (QED) is 0.631. The molecule has 0 N–H and O–H groups in total. The van der Waals surface area contributed by atoms with Crippen molar-refractivity contribution in [1.29, 1.82) is 0 Å². The van der Waals surface area contributed by atoms with E-state index in [2.05, 4.69) is 35.3 Å². The van der Waals surface area contributed by atoms with Crippen molar-refractivity contribution in [2.75, 3.05) is 0 Å². The summed E-state index contributed by atoms with van der Waals surface area (Å²) in [6, 6.07) is 12.4. The minimum absolute atomic E-state index is 0.961. The number of nitrogens with zero attached hydrogens (tertiary/aromatic N) is 1. The first-order valence-corrected chi connectivity index (χ1v) is 6.98. The Kier molecular flexibility index (Phi) is 2.49. The Hall–Kier alpha value is -2.35. The van der Waals surface area contributed by atoms with Crippen molar-refractivity contribution in [2.45, 2.75) is 19.8 Å². The number of fused-ring (bicyclic) bond motifs is 3. The van der Waals surface area contributed by atoms with Gasteiger partial charge in [0.2, 0.25) is 0 Å². The average molecular weight is 261 g/mol. The largest absolute Gasteiger partial charge is 0.456 e. The lowest BCUT2D eigenvalue weighted by molar-refractivity contribution is 0.595. The number of pyridine rings is 1. The van der Waals surface area contributed by atoms with E-state index in [0.717, 1.165) is 35.6 Å². The van der Waals surface area contributed by atoms with Gasteiger partial charge in [-0.3, -0.25) is 4.98 Å². The van der Waals surface area contributed by atoms with Crippen LogP contribution >= 0.6 is 0 Å². The Balaban J connectivity index is 2.05. The van der Waals surface area contributed by atoms with E-state index in [1.54, 1.807) is 0 Å². The molecule has 0 spiro atoms. The summed E-state index contributed by atoms with van der Waals surface area (Å²) in [6.07, 6.45) is 6.39. The molecule has 0 amide bonds. The van der Waals surface area contributed by atoms with Gasteiger partial charge in [0, 0.05) is 22.2 Å². The van der Waals surface area contributed by atoms with Crippen LogP contribution in [0, 0.1) is 6.92 Å².